The molecule has 0 aromatic heterocycles. The minimum Gasteiger partial charge on any atom is -0.369 e. The fourth-order valence-electron chi connectivity index (χ4n) is 9.87. The molecule has 2 amide bonds. The molecular formula is C35H47N7O5S. The summed E-state index contributed by atoms with van der Waals surface area (Å²) in [5.41, 5.74) is 9.37. The summed E-state index contributed by atoms with van der Waals surface area (Å²) in [4.78, 5) is 36.1. The van der Waals surface area contributed by atoms with Gasteiger partial charge in [0.05, 0.1) is 23.2 Å². The third kappa shape index (κ3) is 5.67. The van der Waals surface area contributed by atoms with Crippen LogP contribution in [0.1, 0.15) is 44.9 Å². The maximum atomic E-state index is 13.3. The number of nitrogens with zero attached hydrogens (tertiary/aromatic N) is 4. The van der Waals surface area contributed by atoms with Crippen LogP contribution < -0.4 is 31.2 Å². The number of benzene rings is 2. The van der Waals surface area contributed by atoms with Crippen LogP contribution in [0.15, 0.2) is 48.5 Å². The summed E-state index contributed by atoms with van der Waals surface area (Å²) in [7, 11) is -3.26. The zero-order valence-electron chi connectivity index (χ0n) is 27.4. The van der Waals surface area contributed by atoms with Crippen LogP contribution in [0.4, 0.5) is 27.5 Å². The van der Waals surface area contributed by atoms with Crippen molar-refractivity contribution in [3.63, 3.8) is 0 Å². The van der Waals surface area contributed by atoms with E-state index in [4.69, 9.17) is 10.6 Å². The molecule has 4 bridgehead atoms. The number of hydrogen-bond acceptors (Lipinski definition) is 9. The summed E-state index contributed by atoms with van der Waals surface area (Å²) in [6.07, 6.45) is 5.41. The largest absolute Gasteiger partial charge is 0.431 e. The molecule has 9 rings (SSSR count). The average Bonchev–Trinajstić information content (AvgIpc) is 3.10. The second kappa shape index (κ2) is 12.4. The molecule has 3 aliphatic heterocycles. The van der Waals surface area contributed by atoms with E-state index >= 15 is 0 Å². The van der Waals surface area contributed by atoms with Crippen molar-refractivity contribution in [1.82, 2.24) is 14.9 Å². The number of carbonyl (C=O) groups excluding carboxylic acids is 2. The van der Waals surface area contributed by atoms with Crippen LogP contribution in [0.2, 0.25) is 0 Å². The number of nitrogens with one attached hydrogen (secondary N) is 2. The van der Waals surface area contributed by atoms with Gasteiger partial charge in [-0.1, -0.05) is 12.1 Å². The van der Waals surface area contributed by atoms with Crippen molar-refractivity contribution in [2.75, 3.05) is 67.2 Å². The average molecular weight is 678 g/mol. The Hall–Kier alpha value is -3.55. The minimum absolute atomic E-state index is 0.0124. The van der Waals surface area contributed by atoms with Gasteiger partial charge in [-0.15, -0.1) is 0 Å². The summed E-state index contributed by atoms with van der Waals surface area (Å²) in [5.74, 6) is 0.876. The number of primary amides is 1. The first-order valence-electron chi connectivity index (χ1n) is 17.7. The van der Waals surface area contributed by atoms with Gasteiger partial charge in [0.15, 0.2) is 0 Å². The quantitative estimate of drug-likeness (QED) is 0.403. The number of sulfonamides is 1. The molecule has 0 radical (unpaired) electrons. The Kier molecular flexibility index (Phi) is 8.19. The lowest BCUT2D eigenvalue weighted by molar-refractivity contribution is -0.145. The maximum absolute atomic E-state index is 13.3. The third-order valence-electron chi connectivity index (χ3n) is 12.1. The van der Waals surface area contributed by atoms with Gasteiger partial charge in [0, 0.05) is 55.6 Å². The van der Waals surface area contributed by atoms with E-state index in [2.05, 4.69) is 44.7 Å². The minimum atomic E-state index is -3.26. The molecule has 5 atom stereocenters. The summed E-state index contributed by atoms with van der Waals surface area (Å²) in [6.45, 7) is 5.01. The Morgan fingerprint density at radius 2 is 1.48 bits per heavy atom. The number of nitrogens with two attached hydrogens (primary N) is 1. The molecule has 48 heavy (non-hydrogen) atoms. The predicted octanol–water partition coefficient (Wildman–Crippen LogP) is 3.17. The second-order valence-electron chi connectivity index (χ2n) is 14.8. The molecule has 2 aromatic carbocycles. The summed E-state index contributed by atoms with van der Waals surface area (Å²) in [5, 5.41) is 7.87. The summed E-state index contributed by atoms with van der Waals surface area (Å²) in [6, 6.07) is 16.4. The molecule has 3 heterocycles. The van der Waals surface area contributed by atoms with Crippen LogP contribution in [0.5, 0.6) is 0 Å². The maximum Gasteiger partial charge on any atom is 0.431 e. The summed E-state index contributed by atoms with van der Waals surface area (Å²) < 4.78 is 28.1. The van der Waals surface area contributed by atoms with Crippen LogP contribution >= 0.6 is 0 Å². The lowest BCUT2D eigenvalue weighted by Crippen LogP contribution is -2.62. The predicted molar refractivity (Wildman–Crippen MR) is 184 cm³/mol. The third-order valence-corrected chi connectivity index (χ3v) is 14.5. The van der Waals surface area contributed by atoms with Gasteiger partial charge in [-0.25, -0.2) is 18.3 Å². The zero-order chi connectivity index (χ0) is 33.0. The van der Waals surface area contributed by atoms with Gasteiger partial charge in [-0.3, -0.25) is 4.79 Å². The number of hydroxylamine groups is 1. The van der Waals surface area contributed by atoms with Gasteiger partial charge in [-0.05, 0) is 112 Å². The Labute approximate surface area is 282 Å². The van der Waals surface area contributed by atoms with Crippen molar-refractivity contribution < 1.29 is 22.8 Å². The molecular weight excluding hydrogens is 630 g/mol. The number of hydrogen-bond donors (Lipinski definition) is 3. The highest BCUT2D eigenvalue weighted by atomic mass is 32.2. The van der Waals surface area contributed by atoms with E-state index in [1.54, 1.807) is 9.37 Å². The van der Waals surface area contributed by atoms with Crippen molar-refractivity contribution >= 4 is 44.8 Å². The van der Waals surface area contributed by atoms with Crippen molar-refractivity contribution in [1.29, 1.82) is 0 Å². The first-order valence-corrected chi connectivity index (χ1v) is 19.2. The molecule has 7 aliphatic rings. The number of piperazine rings is 1. The fourth-order valence-corrected chi connectivity index (χ4v) is 11.8. The molecule has 258 valence electrons. The molecule has 13 heteroatoms. The highest BCUT2D eigenvalue weighted by Crippen LogP contribution is 2.60. The molecule has 4 N–H and O–H groups in total. The first kappa shape index (κ1) is 31.7. The van der Waals surface area contributed by atoms with E-state index in [0.29, 0.717) is 58.0 Å². The van der Waals surface area contributed by atoms with Gasteiger partial charge in [0.1, 0.15) is 0 Å². The van der Waals surface area contributed by atoms with E-state index < -0.39 is 21.5 Å². The number of anilines is 4. The van der Waals surface area contributed by atoms with Crippen LogP contribution in [0.25, 0.3) is 0 Å². The molecule has 4 aliphatic carbocycles. The highest BCUT2D eigenvalue weighted by Gasteiger charge is 2.58. The second-order valence-corrected chi connectivity index (χ2v) is 17.0. The SMILES string of the molecule is NC(=O)C12CC3C[C@H](C1)C(NC(=O)ON1CCN(c4ccc(N5CCN(S(=O)(=O)C6CCNCC6)CC5)cc4)c4ccccc41)[C@@H](C3)C2. The van der Waals surface area contributed by atoms with Crippen molar-refractivity contribution in [2.24, 2.45) is 28.9 Å². The number of para-hydroxylation sites is 2. The van der Waals surface area contributed by atoms with Crippen LogP contribution in [-0.4, -0.2) is 88.4 Å². The monoisotopic (exact) mass is 677 g/mol. The first-order chi connectivity index (χ1) is 23.2. The van der Waals surface area contributed by atoms with Crippen molar-refractivity contribution in [3.8, 4) is 0 Å². The Morgan fingerprint density at radius 1 is 0.833 bits per heavy atom. The number of rotatable bonds is 7. The van der Waals surface area contributed by atoms with E-state index in [1.807, 2.05) is 24.3 Å². The van der Waals surface area contributed by atoms with E-state index in [9.17, 15) is 18.0 Å². The van der Waals surface area contributed by atoms with Gasteiger partial charge in [0.2, 0.25) is 15.9 Å². The normalized spacial score (nSPS) is 30.6. The Morgan fingerprint density at radius 3 is 2.15 bits per heavy atom. The fraction of sp³-hybridized carbons (Fsp3) is 0.600. The lowest BCUT2D eigenvalue weighted by atomic mass is 9.47. The van der Waals surface area contributed by atoms with Gasteiger partial charge in [0.25, 0.3) is 0 Å². The molecule has 3 unspecified atom stereocenters. The van der Waals surface area contributed by atoms with Gasteiger partial charge in [-0.2, -0.15) is 4.31 Å². The van der Waals surface area contributed by atoms with Crippen LogP contribution in [0.3, 0.4) is 0 Å². The molecule has 4 saturated carbocycles. The molecule has 6 fully saturated rings. The van der Waals surface area contributed by atoms with Gasteiger partial charge >= 0.3 is 6.09 Å². The number of piperidine rings is 1. The highest BCUT2D eigenvalue weighted by molar-refractivity contribution is 7.89. The van der Waals surface area contributed by atoms with Gasteiger partial charge < -0.3 is 31.0 Å². The zero-order valence-corrected chi connectivity index (χ0v) is 28.2. The smallest absolute Gasteiger partial charge is 0.369 e. The van der Waals surface area contributed by atoms with Crippen LogP contribution in [0, 0.1) is 23.2 Å². The molecule has 0 spiro atoms. The molecule has 12 nitrogen and oxygen atoms in total. The topological polar surface area (TPSA) is 141 Å². The number of fused-ring (bicyclic) bond motifs is 1. The Balaban J connectivity index is 0.894. The van der Waals surface area contributed by atoms with E-state index in [1.165, 1.54) is 0 Å². The van der Waals surface area contributed by atoms with Crippen molar-refractivity contribution in [2.45, 2.75) is 56.2 Å². The molecule has 2 saturated heterocycles. The van der Waals surface area contributed by atoms with Crippen LogP contribution in [-0.2, 0) is 19.7 Å². The summed E-state index contributed by atoms with van der Waals surface area (Å²) >= 11 is 0. The Bertz CT molecular complexity index is 1620. The van der Waals surface area contributed by atoms with E-state index in [-0.39, 0.29) is 29.0 Å². The standard InChI is InChI=1S/C35H47N7O5S/c36-33(43)35-21-24-19-25(22-35)32(26(20-24)23-35)38-34(44)47-42-18-17-41(30-3-1-2-4-31(30)42)28-7-5-27(6-8-28)39-13-15-40(16-14-39)48(45,46)29-9-11-37-12-10-29/h1-8,24-26,29,32,37H,9-23H2,(H2,36,43)(H,38,44)/t24?,25-,26+,32?,35?. The lowest BCUT2D eigenvalue weighted by Gasteiger charge is -2.58. The van der Waals surface area contributed by atoms with Crippen molar-refractivity contribution in [3.05, 3.63) is 48.5 Å². The number of carbonyl (C=O) groups is 2. The van der Waals surface area contributed by atoms with E-state index in [0.717, 1.165) is 67.9 Å². The molecule has 2 aromatic rings. The number of amides is 2.